The number of hydrogen-bond donors (Lipinski definition) is 2. The Bertz CT molecular complexity index is 343. The van der Waals surface area contributed by atoms with E-state index in [4.69, 9.17) is 14.6 Å². The number of ether oxygens (including phenoxy) is 2. The molecule has 0 fully saturated rings. The molecule has 0 amide bonds. The van der Waals surface area contributed by atoms with Crippen LogP contribution in [0.4, 0.5) is 0 Å². The van der Waals surface area contributed by atoms with Gasteiger partial charge < -0.3 is 19.9 Å². The summed E-state index contributed by atoms with van der Waals surface area (Å²) in [5, 5.41) is 12.1. The first-order chi connectivity index (χ1) is 8.69. The molecule has 0 saturated carbocycles. The summed E-state index contributed by atoms with van der Waals surface area (Å²) in [7, 11) is 1.70. The van der Waals surface area contributed by atoms with Crippen LogP contribution in [-0.2, 0) is 11.3 Å². The molecule has 0 heterocycles. The zero-order valence-corrected chi connectivity index (χ0v) is 11.5. The second kappa shape index (κ2) is 8.08. The number of rotatable bonds is 8. The highest BCUT2D eigenvalue weighted by atomic mass is 16.5. The van der Waals surface area contributed by atoms with Gasteiger partial charge in [0.25, 0.3) is 0 Å². The van der Waals surface area contributed by atoms with Crippen LogP contribution in [0.5, 0.6) is 5.75 Å². The van der Waals surface area contributed by atoms with Crippen molar-refractivity contribution in [3.8, 4) is 5.75 Å². The van der Waals surface area contributed by atoms with Crippen molar-refractivity contribution in [2.45, 2.75) is 20.4 Å². The maximum atomic E-state index is 8.78. The van der Waals surface area contributed by atoms with Gasteiger partial charge in [-0.2, -0.15) is 0 Å². The highest BCUT2D eigenvalue weighted by Gasteiger charge is 2.06. The summed E-state index contributed by atoms with van der Waals surface area (Å²) in [6.07, 6.45) is 0. The molecule has 4 heteroatoms. The van der Waals surface area contributed by atoms with E-state index in [1.807, 2.05) is 13.8 Å². The van der Waals surface area contributed by atoms with E-state index in [2.05, 4.69) is 17.4 Å². The number of aliphatic hydroxyl groups is 1. The van der Waals surface area contributed by atoms with E-state index in [1.54, 1.807) is 7.11 Å². The van der Waals surface area contributed by atoms with Crippen LogP contribution in [0.2, 0.25) is 0 Å². The monoisotopic (exact) mass is 253 g/mol. The molecule has 1 aromatic carbocycles. The molecule has 0 unspecified atom stereocenters. The summed E-state index contributed by atoms with van der Waals surface area (Å²) in [5.74, 6) is 0.879. The van der Waals surface area contributed by atoms with Gasteiger partial charge in [-0.25, -0.2) is 0 Å². The Morgan fingerprint density at radius 3 is 2.39 bits per heavy atom. The van der Waals surface area contributed by atoms with Crippen LogP contribution in [0.1, 0.15) is 16.7 Å². The van der Waals surface area contributed by atoms with Crippen LogP contribution in [0.15, 0.2) is 12.1 Å². The maximum absolute atomic E-state index is 8.78. The van der Waals surface area contributed by atoms with Crippen LogP contribution in [-0.4, -0.2) is 38.6 Å². The molecule has 0 aromatic heterocycles. The molecule has 0 bridgehead atoms. The summed E-state index contributed by atoms with van der Waals surface area (Å²) in [5.41, 5.74) is 3.44. The van der Waals surface area contributed by atoms with Crippen LogP contribution in [0.3, 0.4) is 0 Å². The third-order valence-corrected chi connectivity index (χ3v) is 2.67. The Labute approximate surface area is 109 Å². The lowest BCUT2D eigenvalue weighted by atomic mass is 10.1. The molecular formula is C14H23NO3. The molecule has 2 N–H and O–H groups in total. The van der Waals surface area contributed by atoms with Crippen molar-refractivity contribution in [2.75, 3.05) is 33.5 Å². The predicted octanol–water partition coefficient (Wildman–Crippen LogP) is 1.41. The van der Waals surface area contributed by atoms with E-state index in [0.717, 1.165) is 36.6 Å². The lowest BCUT2D eigenvalue weighted by Crippen LogP contribution is -2.18. The third-order valence-electron chi connectivity index (χ3n) is 2.67. The molecule has 4 nitrogen and oxygen atoms in total. The molecule has 1 aromatic rings. The fraction of sp³-hybridized carbons (Fsp3) is 0.571. The lowest BCUT2D eigenvalue weighted by Gasteiger charge is -2.13. The lowest BCUT2D eigenvalue weighted by molar-refractivity contribution is 0.199. The van der Waals surface area contributed by atoms with Crippen molar-refractivity contribution in [1.29, 1.82) is 0 Å². The zero-order valence-electron chi connectivity index (χ0n) is 11.5. The van der Waals surface area contributed by atoms with Gasteiger partial charge in [-0.3, -0.25) is 0 Å². The molecule has 0 aliphatic carbocycles. The van der Waals surface area contributed by atoms with Gasteiger partial charge in [-0.1, -0.05) is 12.1 Å². The first-order valence-electron chi connectivity index (χ1n) is 6.22. The SMILES string of the molecule is COCCNCc1cc(C)c(OCCO)c(C)c1. The maximum Gasteiger partial charge on any atom is 0.125 e. The van der Waals surface area contributed by atoms with Crippen molar-refractivity contribution in [1.82, 2.24) is 5.32 Å². The number of hydrogen-bond acceptors (Lipinski definition) is 4. The molecular weight excluding hydrogens is 230 g/mol. The molecule has 0 atom stereocenters. The average Bonchev–Trinajstić information content (AvgIpc) is 2.34. The van der Waals surface area contributed by atoms with Gasteiger partial charge in [-0.15, -0.1) is 0 Å². The predicted molar refractivity (Wildman–Crippen MR) is 72.1 cm³/mol. The minimum Gasteiger partial charge on any atom is -0.491 e. The summed E-state index contributed by atoms with van der Waals surface area (Å²) in [4.78, 5) is 0. The van der Waals surface area contributed by atoms with Gasteiger partial charge in [0.15, 0.2) is 0 Å². The van der Waals surface area contributed by atoms with E-state index in [9.17, 15) is 0 Å². The highest BCUT2D eigenvalue weighted by molar-refractivity contribution is 5.43. The van der Waals surface area contributed by atoms with Crippen LogP contribution >= 0.6 is 0 Å². The van der Waals surface area contributed by atoms with Gasteiger partial charge >= 0.3 is 0 Å². The molecule has 102 valence electrons. The van der Waals surface area contributed by atoms with Crippen LogP contribution in [0.25, 0.3) is 0 Å². The summed E-state index contributed by atoms with van der Waals surface area (Å²) >= 11 is 0. The van der Waals surface area contributed by atoms with Gasteiger partial charge in [0.2, 0.25) is 0 Å². The number of benzene rings is 1. The Morgan fingerprint density at radius 1 is 1.17 bits per heavy atom. The molecule has 0 saturated heterocycles. The standard InChI is InChI=1S/C14H23NO3/c1-11-8-13(10-15-4-6-17-3)9-12(2)14(11)18-7-5-16/h8-9,15-16H,4-7,10H2,1-3H3. The van der Waals surface area contributed by atoms with Crippen molar-refractivity contribution in [3.05, 3.63) is 28.8 Å². The summed E-state index contributed by atoms with van der Waals surface area (Å²) < 4.78 is 10.5. The molecule has 18 heavy (non-hydrogen) atoms. The molecule has 0 spiro atoms. The van der Waals surface area contributed by atoms with Gasteiger partial charge in [-0.05, 0) is 30.5 Å². The second-order valence-electron chi connectivity index (χ2n) is 4.30. The van der Waals surface area contributed by atoms with Crippen LogP contribution in [0, 0.1) is 13.8 Å². The molecule has 0 radical (unpaired) electrons. The smallest absolute Gasteiger partial charge is 0.125 e. The highest BCUT2D eigenvalue weighted by Crippen LogP contribution is 2.24. The number of methoxy groups -OCH3 is 1. The minimum absolute atomic E-state index is 0.0409. The van der Waals surface area contributed by atoms with Crippen LogP contribution < -0.4 is 10.1 Å². The van der Waals surface area contributed by atoms with E-state index in [-0.39, 0.29) is 6.61 Å². The minimum atomic E-state index is 0.0409. The van der Waals surface area contributed by atoms with E-state index < -0.39 is 0 Å². The molecule has 1 rings (SSSR count). The van der Waals surface area contributed by atoms with Crippen molar-refractivity contribution >= 4 is 0 Å². The normalized spacial score (nSPS) is 10.7. The first-order valence-corrected chi connectivity index (χ1v) is 6.22. The topological polar surface area (TPSA) is 50.7 Å². The second-order valence-corrected chi connectivity index (χ2v) is 4.30. The zero-order chi connectivity index (χ0) is 13.4. The van der Waals surface area contributed by atoms with Gasteiger partial charge in [0.1, 0.15) is 12.4 Å². The van der Waals surface area contributed by atoms with E-state index >= 15 is 0 Å². The molecule has 0 aliphatic heterocycles. The fourth-order valence-corrected chi connectivity index (χ4v) is 1.92. The Hall–Kier alpha value is -1.10. The first kappa shape index (κ1) is 15.0. The van der Waals surface area contributed by atoms with Gasteiger partial charge in [0.05, 0.1) is 13.2 Å². The largest absolute Gasteiger partial charge is 0.491 e. The third kappa shape index (κ3) is 4.64. The number of aryl methyl sites for hydroxylation is 2. The van der Waals surface area contributed by atoms with E-state index in [1.165, 1.54) is 5.56 Å². The Kier molecular flexibility index (Phi) is 6.72. The fourth-order valence-electron chi connectivity index (χ4n) is 1.92. The van der Waals surface area contributed by atoms with Crippen molar-refractivity contribution in [2.24, 2.45) is 0 Å². The molecule has 0 aliphatic rings. The number of aliphatic hydroxyl groups excluding tert-OH is 1. The van der Waals surface area contributed by atoms with Crippen molar-refractivity contribution < 1.29 is 14.6 Å². The van der Waals surface area contributed by atoms with E-state index in [0.29, 0.717) is 6.61 Å². The Morgan fingerprint density at radius 2 is 1.83 bits per heavy atom. The van der Waals surface area contributed by atoms with Crippen molar-refractivity contribution in [3.63, 3.8) is 0 Å². The Balaban J connectivity index is 2.61. The quantitative estimate of drug-likeness (QED) is 0.688. The summed E-state index contributed by atoms with van der Waals surface area (Å²) in [6.45, 7) is 6.82. The van der Waals surface area contributed by atoms with Gasteiger partial charge in [0, 0.05) is 20.2 Å². The average molecular weight is 253 g/mol. The summed E-state index contributed by atoms with van der Waals surface area (Å²) in [6, 6.07) is 4.22. The number of nitrogens with one attached hydrogen (secondary N) is 1.